The molecule has 1 aliphatic carbocycles. The average Bonchev–Trinajstić information content (AvgIpc) is 3.22. The first-order valence-electron chi connectivity index (χ1n) is 7.99. The van der Waals surface area contributed by atoms with Gasteiger partial charge in [0.2, 0.25) is 0 Å². The summed E-state index contributed by atoms with van der Waals surface area (Å²) in [4.78, 5) is 11.7. The number of nitrogens with zero attached hydrogens (tertiary/aromatic N) is 3. The summed E-state index contributed by atoms with van der Waals surface area (Å²) in [5, 5.41) is 0. The fourth-order valence-electron chi connectivity index (χ4n) is 3.62. The third kappa shape index (κ3) is 2.30. The van der Waals surface area contributed by atoms with Gasteiger partial charge in [0.05, 0.1) is 5.60 Å². The maximum Gasteiger partial charge on any atom is 0.132 e. The molecule has 0 aromatic carbocycles. The fraction of sp³-hybridized carbons (Fsp3) is 0.750. The van der Waals surface area contributed by atoms with Gasteiger partial charge in [0.25, 0.3) is 0 Å². The molecule has 108 valence electrons. The molecular weight excluding hydrogens is 250 g/mol. The number of hydrogen-bond donors (Lipinski definition) is 0. The number of ether oxygens (including phenoxy) is 1. The minimum Gasteiger partial charge on any atom is -0.375 e. The molecule has 0 bridgehead atoms. The summed E-state index contributed by atoms with van der Waals surface area (Å²) >= 11 is 0. The van der Waals surface area contributed by atoms with E-state index in [4.69, 9.17) is 4.74 Å². The monoisotopic (exact) mass is 273 g/mol. The quantitative estimate of drug-likeness (QED) is 0.830. The standard InChI is InChI=1S/C16H23N3O/c1-12-17-14(13-3-4-13)11-15(18-12)19-8-6-16(7-9-19)5-2-10-20-16/h11,13H,2-10H2,1H3. The summed E-state index contributed by atoms with van der Waals surface area (Å²) in [6.07, 6.45) is 7.37. The maximum absolute atomic E-state index is 6.00. The molecule has 20 heavy (non-hydrogen) atoms. The predicted molar refractivity (Wildman–Crippen MR) is 78.1 cm³/mol. The first kappa shape index (κ1) is 12.6. The van der Waals surface area contributed by atoms with Gasteiger partial charge in [-0.3, -0.25) is 0 Å². The molecule has 3 aliphatic rings. The van der Waals surface area contributed by atoms with Crippen LogP contribution in [0.1, 0.15) is 56.0 Å². The second-order valence-corrected chi connectivity index (χ2v) is 6.59. The van der Waals surface area contributed by atoms with Crippen LogP contribution in [0.4, 0.5) is 5.82 Å². The van der Waals surface area contributed by atoms with E-state index in [1.54, 1.807) is 0 Å². The van der Waals surface area contributed by atoms with Gasteiger partial charge in [-0.25, -0.2) is 9.97 Å². The van der Waals surface area contributed by atoms with Gasteiger partial charge in [-0.2, -0.15) is 0 Å². The molecule has 0 atom stereocenters. The number of aryl methyl sites for hydroxylation is 1. The van der Waals surface area contributed by atoms with Crippen molar-refractivity contribution < 1.29 is 4.74 Å². The van der Waals surface area contributed by atoms with E-state index in [2.05, 4.69) is 20.9 Å². The van der Waals surface area contributed by atoms with Gasteiger partial charge in [0.15, 0.2) is 0 Å². The topological polar surface area (TPSA) is 38.2 Å². The Morgan fingerprint density at radius 3 is 2.65 bits per heavy atom. The van der Waals surface area contributed by atoms with Crippen LogP contribution in [0.5, 0.6) is 0 Å². The molecule has 4 rings (SSSR count). The highest BCUT2D eigenvalue weighted by Crippen LogP contribution is 2.41. The molecule has 1 saturated carbocycles. The highest BCUT2D eigenvalue weighted by Gasteiger charge is 2.38. The van der Waals surface area contributed by atoms with Crippen LogP contribution in [-0.4, -0.2) is 35.3 Å². The Hall–Kier alpha value is -1.16. The Morgan fingerprint density at radius 2 is 2.00 bits per heavy atom. The summed E-state index contributed by atoms with van der Waals surface area (Å²) < 4.78 is 6.00. The van der Waals surface area contributed by atoms with E-state index < -0.39 is 0 Å². The molecule has 1 aromatic heterocycles. The molecule has 4 heteroatoms. The van der Waals surface area contributed by atoms with Crippen molar-refractivity contribution in [3.8, 4) is 0 Å². The van der Waals surface area contributed by atoms with Crippen LogP contribution in [0.2, 0.25) is 0 Å². The van der Waals surface area contributed by atoms with Gasteiger partial charge in [-0.15, -0.1) is 0 Å². The number of rotatable bonds is 2. The molecule has 3 fully saturated rings. The highest BCUT2D eigenvalue weighted by atomic mass is 16.5. The number of anilines is 1. The van der Waals surface area contributed by atoms with Crippen LogP contribution in [0.3, 0.4) is 0 Å². The molecule has 1 spiro atoms. The maximum atomic E-state index is 6.00. The van der Waals surface area contributed by atoms with E-state index in [0.717, 1.165) is 44.2 Å². The van der Waals surface area contributed by atoms with E-state index in [1.165, 1.54) is 31.4 Å². The minimum atomic E-state index is 0.192. The van der Waals surface area contributed by atoms with Crippen LogP contribution in [0.15, 0.2) is 6.07 Å². The number of piperidine rings is 1. The van der Waals surface area contributed by atoms with Crippen LogP contribution in [0.25, 0.3) is 0 Å². The lowest BCUT2D eigenvalue weighted by Gasteiger charge is -2.39. The zero-order valence-electron chi connectivity index (χ0n) is 12.3. The van der Waals surface area contributed by atoms with Crippen molar-refractivity contribution in [3.63, 3.8) is 0 Å². The van der Waals surface area contributed by atoms with Crippen molar-refractivity contribution in [2.24, 2.45) is 0 Å². The molecule has 2 aliphatic heterocycles. The Kier molecular flexibility index (Phi) is 2.95. The van der Waals surface area contributed by atoms with Gasteiger partial charge >= 0.3 is 0 Å². The molecule has 4 nitrogen and oxygen atoms in total. The van der Waals surface area contributed by atoms with Crippen LogP contribution >= 0.6 is 0 Å². The van der Waals surface area contributed by atoms with E-state index in [9.17, 15) is 0 Å². The van der Waals surface area contributed by atoms with E-state index >= 15 is 0 Å². The van der Waals surface area contributed by atoms with Crippen LogP contribution in [-0.2, 0) is 4.74 Å². The van der Waals surface area contributed by atoms with Crippen molar-refractivity contribution >= 4 is 5.82 Å². The Morgan fingerprint density at radius 1 is 1.20 bits per heavy atom. The van der Waals surface area contributed by atoms with Gasteiger partial charge in [0, 0.05) is 37.4 Å². The predicted octanol–water partition coefficient (Wildman–Crippen LogP) is 2.81. The minimum absolute atomic E-state index is 0.192. The highest BCUT2D eigenvalue weighted by molar-refractivity contribution is 5.42. The Balaban J connectivity index is 1.51. The Labute approximate surface area is 120 Å². The molecule has 3 heterocycles. The Bertz CT molecular complexity index is 496. The third-order valence-electron chi connectivity index (χ3n) is 5.02. The molecule has 0 unspecified atom stereocenters. The summed E-state index contributed by atoms with van der Waals surface area (Å²) in [5.41, 5.74) is 1.45. The second kappa shape index (κ2) is 4.69. The van der Waals surface area contributed by atoms with E-state index in [-0.39, 0.29) is 5.60 Å². The van der Waals surface area contributed by atoms with Gasteiger partial charge in [0.1, 0.15) is 11.6 Å². The molecule has 0 amide bonds. The summed E-state index contributed by atoms with van der Waals surface area (Å²) in [6.45, 7) is 5.11. The van der Waals surface area contributed by atoms with Gasteiger partial charge in [-0.1, -0.05) is 0 Å². The smallest absolute Gasteiger partial charge is 0.132 e. The van der Waals surface area contributed by atoms with E-state index in [0.29, 0.717) is 5.92 Å². The first-order valence-corrected chi connectivity index (χ1v) is 7.99. The average molecular weight is 273 g/mol. The second-order valence-electron chi connectivity index (χ2n) is 6.59. The molecule has 1 aromatic rings. The van der Waals surface area contributed by atoms with Gasteiger partial charge < -0.3 is 9.64 Å². The number of hydrogen-bond acceptors (Lipinski definition) is 4. The van der Waals surface area contributed by atoms with Crippen LogP contribution < -0.4 is 4.90 Å². The molecule has 2 saturated heterocycles. The number of aromatic nitrogens is 2. The normalized spacial score (nSPS) is 25.4. The first-order chi connectivity index (χ1) is 9.74. The summed E-state index contributed by atoms with van der Waals surface area (Å²) in [5.74, 6) is 2.75. The molecule has 0 N–H and O–H groups in total. The van der Waals surface area contributed by atoms with Crippen molar-refractivity contribution in [1.29, 1.82) is 0 Å². The lowest BCUT2D eigenvalue weighted by molar-refractivity contribution is -0.0147. The lowest BCUT2D eigenvalue weighted by atomic mass is 9.89. The van der Waals surface area contributed by atoms with Crippen molar-refractivity contribution in [2.75, 3.05) is 24.6 Å². The van der Waals surface area contributed by atoms with Crippen molar-refractivity contribution in [2.45, 2.75) is 57.0 Å². The van der Waals surface area contributed by atoms with Crippen molar-refractivity contribution in [1.82, 2.24) is 9.97 Å². The van der Waals surface area contributed by atoms with Gasteiger partial charge in [-0.05, 0) is 45.4 Å². The summed E-state index contributed by atoms with van der Waals surface area (Å²) in [6, 6.07) is 2.22. The van der Waals surface area contributed by atoms with Crippen molar-refractivity contribution in [3.05, 3.63) is 17.6 Å². The zero-order chi connectivity index (χ0) is 13.6. The molecule has 0 radical (unpaired) electrons. The van der Waals surface area contributed by atoms with Crippen LogP contribution in [0, 0.1) is 6.92 Å². The summed E-state index contributed by atoms with van der Waals surface area (Å²) in [7, 11) is 0. The zero-order valence-corrected chi connectivity index (χ0v) is 12.3. The molecular formula is C16H23N3O. The van der Waals surface area contributed by atoms with E-state index in [1.807, 2.05) is 6.92 Å². The largest absolute Gasteiger partial charge is 0.375 e. The lowest BCUT2D eigenvalue weighted by Crippen LogP contribution is -2.44. The SMILES string of the molecule is Cc1nc(C2CC2)cc(N2CCC3(CCCO3)CC2)n1. The third-order valence-corrected chi connectivity index (χ3v) is 5.02. The fourth-order valence-corrected chi connectivity index (χ4v) is 3.62.